The smallest absolute Gasteiger partial charge is 0.249 e. The number of pyridine rings is 1. The van der Waals surface area contributed by atoms with Crippen molar-refractivity contribution in [1.29, 1.82) is 0 Å². The number of nitrogens with zero attached hydrogens (tertiary/aromatic N) is 2. The van der Waals surface area contributed by atoms with Gasteiger partial charge in [-0.15, -0.1) is 11.3 Å². The van der Waals surface area contributed by atoms with Gasteiger partial charge < -0.3 is 10.1 Å². The molecule has 2 saturated heterocycles. The number of likely N-dealkylation sites (tertiary alicyclic amines) is 1. The zero-order chi connectivity index (χ0) is 24.4. The van der Waals surface area contributed by atoms with Crippen molar-refractivity contribution >= 4 is 50.9 Å². The SMILES string of the molecule is Cc1cc(Cl)cc(-c2ccnc3cc(CN4C(=O)C5CC5C4=O)sc23)c1C[C@H]1O[C@H](C)CNC1=O. The Morgan fingerprint density at radius 2 is 1.94 bits per heavy atom. The molecule has 0 radical (unpaired) electrons. The van der Waals surface area contributed by atoms with Crippen LogP contribution in [-0.4, -0.2) is 46.4 Å². The van der Waals surface area contributed by atoms with Crippen molar-refractivity contribution < 1.29 is 19.1 Å². The van der Waals surface area contributed by atoms with E-state index >= 15 is 0 Å². The third kappa shape index (κ3) is 3.93. The van der Waals surface area contributed by atoms with Gasteiger partial charge in [0.15, 0.2) is 0 Å². The largest absolute Gasteiger partial charge is 0.363 e. The molecule has 0 spiro atoms. The van der Waals surface area contributed by atoms with E-state index in [9.17, 15) is 14.4 Å². The normalized spacial score (nSPS) is 25.8. The summed E-state index contributed by atoms with van der Waals surface area (Å²) < 4.78 is 6.91. The Bertz CT molecular complexity index is 1380. The number of morpholine rings is 1. The van der Waals surface area contributed by atoms with Crippen LogP contribution in [0.25, 0.3) is 21.3 Å². The van der Waals surface area contributed by atoms with Gasteiger partial charge in [0.1, 0.15) is 6.10 Å². The van der Waals surface area contributed by atoms with E-state index in [0.717, 1.165) is 37.3 Å². The minimum absolute atomic E-state index is 0.0525. The van der Waals surface area contributed by atoms with E-state index in [1.165, 1.54) is 16.2 Å². The third-order valence-electron chi connectivity index (χ3n) is 7.10. The number of fused-ring (bicyclic) bond motifs is 2. The summed E-state index contributed by atoms with van der Waals surface area (Å²) in [4.78, 5) is 44.3. The third-order valence-corrected chi connectivity index (χ3v) is 8.46. The minimum atomic E-state index is -0.577. The number of carbonyl (C=O) groups is 3. The van der Waals surface area contributed by atoms with Gasteiger partial charge in [-0.05, 0) is 61.2 Å². The molecule has 3 fully saturated rings. The zero-order valence-corrected chi connectivity index (χ0v) is 20.9. The predicted octanol–water partition coefficient (Wildman–Crippen LogP) is 3.88. The minimum Gasteiger partial charge on any atom is -0.363 e. The summed E-state index contributed by atoms with van der Waals surface area (Å²) >= 11 is 8.01. The van der Waals surface area contributed by atoms with Crippen molar-refractivity contribution in [3.8, 4) is 11.1 Å². The van der Waals surface area contributed by atoms with E-state index in [4.69, 9.17) is 16.3 Å². The van der Waals surface area contributed by atoms with Crippen LogP contribution in [0.3, 0.4) is 0 Å². The lowest BCUT2D eigenvalue weighted by Gasteiger charge is -2.29. The van der Waals surface area contributed by atoms with Crippen molar-refractivity contribution in [3.63, 3.8) is 0 Å². The van der Waals surface area contributed by atoms with Gasteiger partial charge >= 0.3 is 0 Å². The van der Waals surface area contributed by atoms with E-state index < -0.39 is 6.10 Å². The maximum atomic E-state index is 12.5. The van der Waals surface area contributed by atoms with Crippen LogP contribution in [-0.2, 0) is 32.1 Å². The molecule has 0 bridgehead atoms. The number of piperidine rings is 1. The second-order valence-corrected chi connectivity index (χ2v) is 11.2. The monoisotopic (exact) mass is 509 g/mol. The molecule has 1 aliphatic carbocycles. The van der Waals surface area contributed by atoms with Crippen LogP contribution in [0.2, 0.25) is 5.02 Å². The molecule has 2 aromatic heterocycles. The molecule has 1 saturated carbocycles. The molecule has 6 rings (SSSR count). The van der Waals surface area contributed by atoms with E-state index in [1.807, 2.05) is 38.1 Å². The first-order valence-electron chi connectivity index (χ1n) is 11.8. The lowest BCUT2D eigenvalue weighted by Crippen LogP contribution is -2.49. The Morgan fingerprint density at radius 3 is 2.71 bits per heavy atom. The Labute approximate surface area is 211 Å². The number of rotatable bonds is 5. The van der Waals surface area contributed by atoms with E-state index in [1.54, 1.807) is 6.20 Å². The van der Waals surface area contributed by atoms with Crippen LogP contribution in [0.15, 0.2) is 30.5 Å². The van der Waals surface area contributed by atoms with Gasteiger partial charge in [0.2, 0.25) is 17.7 Å². The van der Waals surface area contributed by atoms with E-state index in [-0.39, 0.29) is 42.2 Å². The molecule has 3 aromatic rings. The molecular weight excluding hydrogens is 486 g/mol. The maximum absolute atomic E-state index is 12.5. The van der Waals surface area contributed by atoms with Crippen molar-refractivity contribution in [1.82, 2.24) is 15.2 Å². The van der Waals surface area contributed by atoms with Crippen LogP contribution < -0.4 is 5.32 Å². The lowest BCUT2D eigenvalue weighted by atomic mass is 9.91. The Hall–Kier alpha value is -2.81. The molecule has 1 N–H and O–H groups in total. The molecule has 3 amide bonds. The van der Waals surface area contributed by atoms with Crippen molar-refractivity contribution in [2.24, 2.45) is 11.8 Å². The van der Waals surface area contributed by atoms with Crippen molar-refractivity contribution in [2.45, 2.75) is 45.4 Å². The van der Waals surface area contributed by atoms with E-state index in [0.29, 0.717) is 24.4 Å². The number of imide groups is 1. The number of nitrogens with one attached hydrogen (secondary N) is 1. The first-order chi connectivity index (χ1) is 16.8. The van der Waals surface area contributed by atoms with Crippen LogP contribution in [0.5, 0.6) is 0 Å². The van der Waals surface area contributed by atoms with Gasteiger partial charge in [-0.1, -0.05) is 11.6 Å². The number of carbonyl (C=O) groups excluding carboxylic acids is 3. The molecule has 2 aliphatic heterocycles. The number of ether oxygens (including phenoxy) is 1. The molecule has 7 nitrogen and oxygen atoms in total. The summed E-state index contributed by atoms with van der Waals surface area (Å²) in [7, 11) is 0. The van der Waals surface area contributed by atoms with Crippen molar-refractivity contribution in [2.75, 3.05) is 6.54 Å². The predicted molar refractivity (Wildman–Crippen MR) is 133 cm³/mol. The average Bonchev–Trinajstić information content (AvgIpc) is 3.46. The van der Waals surface area contributed by atoms with Crippen LogP contribution in [0.4, 0.5) is 0 Å². The lowest BCUT2D eigenvalue weighted by molar-refractivity contribution is -0.143. The number of aryl methyl sites for hydroxylation is 1. The molecule has 3 aliphatic rings. The molecule has 2 unspecified atom stereocenters. The van der Waals surface area contributed by atoms with Gasteiger partial charge in [-0.2, -0.15) is 0 Å². The number of halogens is 1. The summed E-state index contributed by atoms with van der Waals surface area (Å²) in [5, 5.41) is 3.52. The number of amides is 3. The van der Waals surface area contributed by atoms with Crippen LogP contribution in [0.1, 0.15) is 29.3 Å². The molecule has 180 valence electrons. The van der Waals surface area contributed by atoms with Gasteiger partial charge in [-0.25, -0.2) is 0 Å². The number of hydrogen-bond donors (Lipinski definition) is 1. The molecular formula is C26H24ClN3O4S. The number of benzene rings is 1. The first kappa shape index (κ1) is 22.6. The number of hydrogen-bond acceptors (Lipinski definition) is 6. The average molecular weight is 510 g/mol. The van der Waals surface area contributed by atoms with Gasteiger partial charge in [0, 0.05) is 34.6 Å². The number of aromatic nitrogens is 1. The Morgan fingerprint density at radius 1 is 1.17 bits per heavy atom. The summed E-state index contributed by atoms with van der Waals surface area (Å²) in [6.07, 6.45) is 2.25. The highest BCUT2D eigenvalue weighted by atomic mass is 35.5. The fourth-order valence-electron chi connectivity index (χ4n) is 5.20. The second kappa shape index (κ2) is 8.40. The van der Waals surface area contributed by atoms with E-state index in [2.05, 4.69) is 10.3 Å². The number of thiophene rings is 1. The summed E-state index contributed by atoms with van der Waals surface area (Å²) in [6, 6.07) is 7.72. The molecule has 4 heterocycles. The second-order valence-electron chi connectivity index (χ2n) is 9.63. The Balaban J connectivity index is 1.38. The van der Waals surface area contributed by atoms with Gasteiger partial charge in [0.25, 0.3) is 0 Å². The van der Waals surface area contributed by atoms with Crippen LogP contribution >= 0.6 is 22.9 Å². The standard InChI is InChI=1S/C26H24ClN3O4S/c1-12-5-14(27)6-18(17(12)9-22-24(31)29-10-13(2)34-22)16-3-4-28-21-7-15(35-23(16)21)11-30-25(32)19-8-20(19)26(30)33/h3-7,13,19-20,22H,8-11H2,1-2H3,(H,29,31)/t13-,19?,20?,22-/m1/s1. The maximum Gasteiger partial charge on any atom is 0.249 e. The van der Waals surface area contributed by atoms with Crippen molar-refractivity contribution in [3.05, 3.63) is 51.5 Å². The fraction of sp³-hybridized carbons (Fsp3) is 0.385. The fourth-order valence-corrected chi connectivity index (χ4v) is 6.60. The summed E-state index contributed by atoms with van der Waals surface area (Å²) in [5.74, 6) is -0.439. The molecule has 4 atom stereocenters. The first-order valence-corrected chi connectivity index (χ1v) is 12.9. The molecule has 35 heavy (non-hydrogen) atoms. The highest BCUT2D eigenvalue weighted by molar-refractivity contribution is 7.19. The quantitative estimate of drug-likeness (QED) is 0.527. The molecule has 1 aromatic carbocycles. The zero-order valence-electron chi connectivity index (χ0n) is 19.3. The Kier molecular flexibility index (Phi) is 5.43. The van der Waals surface area contributed by atoms with Gasteiger partial charge in [0.05, 0.1) is 34.7 Å². The van der Waals surface area contributed by atoms with Crippen LogP contribution in [0, 0.1) is 18.8 Å². The highest BCUT2D eigenvalue weighted by Crippen LogP contribution is 2.48. The topological polar surface area (TPSA) is 88.6 Å². The summed E-state index contributed by atoms with van der Waals surface area (Å²) in [5.41, 5.74) is 4.67. The molecule has 9 heteroatoms. The van der Waals surface area contributed by atoms with Gasteiger partial charge in [-0.3, -0.25) is 24.3 Å². The highest BCUT2D eigenvalue weighted by Gasteiger charge is 2.58. The summed E-state index contributed by atoms with van der Waals surface area (Å²) in [6.45, 7) is 4.72.